The Labute approximate surface area is 172 Å². The van der Waals surface area contributed by atoms with Gasteiger partial charge in [0.05, 0.1) is 23.8 Å². The maximum atomic E-state index is 12.8. The summed E-state index contributed by atoms with van der Waals surface area (Å²) in [7, 11) is -1.74. The van der Waals surface area contributed by atoms with Crippen molar-refractivity contribution in [3.63, 3.8) is 0 Å². The van der Waals surface area contributed by atoms with Gasteiger partial charge in [-0.3, -0.25) is 14.5 Å². The van der Waals surface area contributed by atoms with E-state index >= 15 is 0 Å². The summed E-state index contributed by atoms with van der Waals surface area (Å²) in [6.07, 6.45) is 3.10. The van der Waals surface area contributed by atoms with Gasteiger partial charge in [-0.2, -0.15) is 0 Å². The first kappa shape index (κ1) is 20.6. The molecule has 2 aliphatic heterocycles. The number of carbonyl (C=O) groups is 2. The molecule has 0 aliphatic carbocycles. The van der Waals surface area contributed by atoms with Crippen LogP contribution in [0.15, 0.2) is 40.7 Å². The van der Waals surface area contributed by atoms with E-state index in [0.717, 1.165) is 22.7 Å². The molecule has 1 fully saturated rings. The van der Waals surface area contributed by atoms with E-state index in [9.17, 15) is 18.0 Å². The van der Waals surface area contributed by atoms with Gasteiger partial charge in [-0.25, -0.2) is 8.42 Å². The molecule has 2 heterocycles. The fourth-order valence-corrected chi connectivity index (χ4v) is 5.47. The number of para-hydroxylation sites is 1. The highest BCUT2D eigenvalue weighted by Crippen LogP contribution is 2.35. The highest BCUT2D eigenvalue weighted by molar-refractivity contribution is 8.26. The van der Waals surface area contributed by atoms with Crippen LogP contribution in [-0.2, 0) is 19.4 Å². The summed E-state index contributed by atoms with van der Waals surface area (Å²) in [6, 6.07) is 5.77. The Morgan fingerprint density at radius 2 is 2.14 bits per heavy atom. The monoisotopic (exact) mass is 438 g/mol. The third-order valence-corrected chi connectivity index (χ3v) is 7.00. The van der Waals surface area contributed by atoms with Crippen molar-refractivity contribution in [2.24, 2.45) is 0 Å². The number of amides is 2. The molecule has 1 aromatic carbocycles. The van der Waals surface area contributed by atoms with Crippen LogP contribution >= 0.6 is 24.0 Å². The van der Waals surface area contributed by atoms with E-state index in [-0.39, 0.29) is 16.0 Å². The van der Waals surface area contributed by atoms with Gasteiger partial charge in [0.15, 0.2) is 9.84 Å². The van der Waals surface area contributed by atoms with E-state index in [0.29, 0.717) is 10.7 Å². The average Bonchev–Trinajstić information content (AvgIpc) is 3.13. The Morgan fingerprint density at radius 1 is 1.43 bits per heavy atom. The normalized spacial score (nSPS) is 23.3. The zero-order valence-electron chi connectivity index (χ0n) is 15.1. The minimum absolute atomic E-state index is 0.183. The summed E-state index contributed by atoms with van der Waals surface area (Å²) < 4.78 is 28.5. The van der Waals surface area contributed by atoms with Gasteiger partial charge >= 0.3 is 0 Å². The van der Waals surface area contributed by atoms with Crippen molar-refractivity contribution in [2.45, 2.75) is 19.0 Å². The molecule has 0 spiro atoms. The lowest BCUT2D eigenvalue weighted by Crippen LogP contribution is -2.49. The van der Waals surface area contributed by atoms with Gasteiger partial charge in [-0.05, 0) is 25.1 Å². The molecule has 0 radical (unpaired) electrons. The number of carbonyl (C=O) groups excluding carboxylic acids is 2. The van der Waals surface area contributed by atoms with Crippen LogP contribution in [0.3, 0.4) is 0 Å². The first-order valence-corrected chi connectivity index (χ1v) is 11.3. The second-order valence-corrected chi connectivity index (χ2v) is 9.85. The quantitative estimate of drug-likeness (QED) is 0.553. The van der Waals surface area contributed by atoms with Gasteiger partial charge in [0, 0.05) is 11.0 Å². The first-order valence-electron chi connectivity index (χ1n) is 8.33. The lowest BCUT2D eigenvalue weighted by molar-refractivity contribution is -0.132. The Balaban J connectivity index is 1.75. The van der Waals surface area contributed by atoms with Crippen LogP contribution in [0.4, 0.5) is 0 Å². The number of hydrogen-bond donors (Lipinski definition) is 1. The van der Waals surface area contributed by atoms with Crippen molar-refractivity contribution in [2.75, 3.05) is 12.9 Å². The highest BCUT2D eigenvalue weighted by atomic mass is 32.2. The zero-order valence-corrected chi connectivity index (χ0v) is 17.6. The number of benzene rings is 1. The van der Waals surface area contributed by atoms with Crippen molar-refractivity contribution in [1.29, 1.82) is 0 Å². The molecular formula is C18H18N2O5S3. The Hall–Kier alpha value is -2.17. The molecule has 1 N–H and O–H groups in total. The van der Waals surface area contributed by atoms with Crippen LogP contribution in [0.25, 0.3) is 6.08 Å². The summed E-state index contributed by atoms with van der Waals surface area (Å²) in [5.41, 5.74) is 0.726. The van der Waals surface area contributed by atoms with E-state index in [1.165, 1.54) is 11.0 Å². The number of thiocarbonyl (C=S) groups is 1. The minimum atomic E-state index is -3.28. The third-order valence-electron chi connectivity index (χ3n) is 4.27. The van der Waals surface area contributed by atoms with Crippen molar-refractivity contribution in [3.8, 4) is 5.75 Å². The summed E-state index contributed by atoms with van der Waals surface area (Å²) in [5.74, 6) is -0.412. The fraction of sp³-hybridized carbons (Fsp3) is 0.278. The molecule has 1 saturated heterocycles. The van der Waals surface area contributed by atoms with Crippen molar-refractivity contribution in [3.05, 3.63) is 46.2 Å². The third kappa shape index (κ3) is 4.29. The largest absolute Gasteiger partial charge is 0.496 e. The number of nitrogens with one attached hydrogen (secondary N) is 1. The SMILES string of the molecule is COc1ccccc1/C=C1\SC(=S)N([C@H](C)C(=O)N[C@H]2C=CS(=O)(=O)C2)C1=O. The number of sulfone groups is 1. The fourth-order valence-electron chi connectivity index (χ4n) is 2.83. The van der Waals surface area contributed by atoms with Gasteiger partial charge in [0.1, 0.15) is 16.1 Å². The van der Waals surface area contributed by atoms with Gasteiger partial charge in [0.2, 0.25) is 5.91 Å². The molecule has 7 nitrogen and oxygen atoms in total. The van der Waals surface area contributed by atoms with E-state index in [2.05, 4.69) is 5.32 Å². The Bertz CT molecular complexity index is 1000. The summed E-state index contributed by atoms with van der Waals surface area (Å²) in [6.45, 7) is 1.55. The van der Waals surface area contributed by atoms with E-state index in [1.54, 1.807) is 26.2 Å². The molecule has 0 bridgehead atoms. The van der Waals surface area contributed by atoms with Gasteiger partial charge in [-0.15, -0.1) is 0 Å². The van der Waals surface area contributed by atoms with Gasteiger partial charge in [0.25, 0.3) is 5.91 Å². The number of methoxy groups -OCH3 is 1. The molecule has 0 aromatic heterocycles. The molecule has 2 amide bonds. The molecule has 3 rings (SSSR count). The standard InChI is InChI=1S/C18H18N2O5S3/c1-11(16(21)19-13-7-8-28(23,24)10-13)20-17(22)15(27-18(20)26)9-12-5-3-4-6-14(12)25-2/h3-9,11,13H,10H2,1-2H3,(H,19,21)/b15-9-/t11-,13+/m1/s1. The molecule has 2 aliphatic rings. The van der Waals surface area contributed by atoms with Crippen LogP contribution in [-0.4, -0.2) is 54.4 Å². The second-order valence-electron chi connectivity index (χ2n) is 6.24. The Morgan fingerprint density at radius 3 is 2.79 bits per heavy atom. The van der Waals surface area contributed by atoms with Crippen LogP contribution in [0.1, 0.15) is 12.5 Å². The molecule has 10 heteroatoms. The summed E-state index contributed by atoms with van der Waals surface area (Å²) >= 11 is 6.40. The average molecular weight is 439 g/mol. The lowest BCUT2D eigenvalue weighted by atomic mass is 10.1. The Kier molecular flexibility index (Phi) is 5.92. The summed E-state index contributed by atoms with van der Waals surface area (Å²) in [5, 5.41) is 3.71. The van der Waals surface area contributed by atoms with Gasteiger partial charge < -0.3 is 10.1 Å². The number of ether oxygens (including phenoxy) is 1. The summed E-state index contributed by atoms with van der Waals surface area (Å²) in [4.78, 5) is 27.0. The van der Waals surface area contributed by atoms with E-state index < -0.39 is 27.8 Å². The molecular weight excluding hydrogens is 420 g/mol. The second kappa shape index (κ2) is 8.06. The molecule has 0 saturated carbocycles. The highest BCUT2D eigenvalue weighted by Gasteiger charge is 2.39. The number of thioether (sulfide) groups is 1. The maximum Gasteiger partial charge on any atom is 0.266 e. The first-order chi connectivity index (χ1) is 13.2. The number of rotatable bonds is 5. The van der Waals surface area contributed by atoms with E-state index in [4.69, 9.17) is 17.0 Å². The van der Waals surface area contributed by atoms with Crippen molar-refractivity contribution >= 4 is 56.0 Å². The van der Waals surface area contributed by atoms with Crippen molar-refractivity contribution < 1.29 is 22.7 Å². The molecule has 28 heavy (non-hydrogen) atoms. The predicted octanol–water partition coefficient (Wildman–Crippen LogP) is 1.71. The van der Waals surface area contributed by atoms with Gasteiger partial charge in [-0.1, -0.05) is 42.2 Å². The van der Waals surface area contributed by atoms with E-state index in [1.807, 2.05) is 18.2 Å². The smallest absolute Gasteiger partial charge is 0.266 e. The minimum Gasteiger partial charge on any atom is -0.496 e. The zero-order chi connectivity index (χ0) is 20.5. The topological polar surface area (TPSA) is 92.8 Å². The van der Waals surface area contributed by atoms with Crippen LogP contribution < -0.4 is 10.1 Å². The molecule has 1 aromatic rings. The number of hydrogen-bond acceptors (Lipinski definition) is 7. The van der Waals surface area contributed by atoms with Crippen molar-refractivity contribution in [1.82, 2.24) is 10.2 Å². The van der Waals surface area contributed by atoms with Crippen LogP contribution in [0.2, 0.25) is 0 Å². The maximum absolute atomic E-state index is 12.8. The van der Waals surface area contributed by atoms with Crippen LogP contribution in [0, 0.1) is 0 Å². The molecule has 0 unspecified atom stereocenters. The molecule has 2 atom stereocenters. The predicted molar refractivity (Wildman–Crippen MR) is 112 cm³/mol. The molecule has 148 valence electrons. The van der Waals surface area contributed by atoms with Crippen LogP contribution in [0.5, 0.6) is 5.75 Å². The lowest BCUT2D eigenvalue weighted by Gasteiger charge is -2.23. The number of nitrogens with zero attached hydrogens (tertiary/aromatic N) is 1.